The first kappa shape index (κ1) is 19.9. The second kappa shape index (κ2) is 8.32. The number of nitrogens with one attached hydrogen (secondary N) is 3. The molecule has 0 spiro atoms. The van der Waals surface area contributed by atoms with Crippen molar-refractivity contribution in [1.82, 2.24) is 39.9 Å². The van der Waals surface area contributed by atoms with Crippen LogP contribution in [0.25, 0.3) is 27.8 Å². The Bertz CT molecular complexity index is 1410. The number of hydrogen-bond donors (Lipinski definition) is 3. The summed E-state index contributed by atoms with van der Waals surface area (Å²) < 4.78 is 3.93. The van der Waals surface area contributed by atoms with Crippen molar-refractivity contribution in [2.45, 2.75) is 32.4 Å². The lowest BCUT2D eigenvalue weighted by molar-refractivity contribution is 0.301. The molecule has 0 radical (unpaired) electrons. The van der Waals surface area contributed by atoms with Gasteiger partial charge in [-0.1, -0.05) is 17.7 Å². The maximum absolute atomic E-state index is 4.76. The Morgan fingerprint density at radius 2 is 2.09 bits per heavy atom. The summed E-state index contributed by atoms with van der Waals surface area (Å²) >= 11 is 0. The molecule has 0 saturated heterocycles. The van der Waals surface area contributed by atoms with Crippen LogP contribution in [0.1, 0.15) is 30.5 Å². The van der Waals surface area contributed by atoms with Gasteiger partial charge >= 0.3 is 0 Å². The molecule has 6 rings (SSSR count). The SMILES string of the molecule is CNc1cc(-c2cn(Cc3cn4cc(CNCC5CCC5)ccc4n3)nn2)c2cn[nH]c2c1. The van der Waals surface area contributed by atoms with Crippen molar-refractivity contribution in [1.29, 1.82) is 0 Å². The van der Waals surface area contributed by atoms with Crippen LogP contribution in [0.3, 0.4) is 0 Å². The number of aromatic amines is 1. The van der Waals surface area contributed by atoms with Crippen LogP contribution in [-0.4, -0.2) is 48.2 Å². The lowest BCUT2D eigenvalue weighted by Crippen LogP contribution is -2.26. The topological polar surface area (TPSA) is 101 Å². The van der Waals surface area contributed by atoms with Crippen LogP contribution >= 0.6 is 0 Å². The molecule has 0 amide bonds. The first-order chi connectivity index (χ1) is 16.2. The number of hydrogen-bond acceptors (Lipinski definition) is 6. The Labute approximate surface area is 191 Å². The van der Waals surface area contributed by atoms with Gasteiger partial charge in [0.1, 0.15) is 11.3 Å². The van der Waals surface area contributed by atoms with Crippen molar-refractivity contribution in [3.8, 4) is 11.3 Å². The number of anilines is 1. The summed E-state index contributed by atoms with van der Waals surface area (Å²) in [5.41, 5.74) is 6.91. The van der Waals surface area contributed by atoms with Gasteiger partial charge in [-0.3, -0.25) is 5.10 Å². The van der Waals surface area contributed by atoms with Gasteiger partial charge in [-0.2, -0.15) is 5.10 Å². The molecule has 4 aromatic heterocycles. The highest BCUT2D eigenvalue weighted by molar-refractivity contribution is 5.96. The lowest BCUT2D eigenvalue weighted by atomic mass is 9.85. The first-order valence-electron chi connectivity index (χ1n) is 11.5. The maximum atomic E-state index is 4.76. The van der Waals surface area contributed by atoms with E-state index in [1.54, 1.807) is 0 Å². The Balaban J connectivity index is 1.19. The van der Waals surface area contributed by atoms with Crippen molar-refractivity contribution in [3.63, 3.8) is 0 Å². The molecule has 0 bridgehead atoms. The van der Waals surface area contributed by atoms with Crippen molar-refractivity contribution in [2.24, 2.45) is 5.92 Å². The number of H-pyrrole nitrogens is 1. The summed E-state index contributed by atoms with van der Waals surface area (Å²) in [6.45, 7) is 2.56. The molecule has 9 heteroatoms. The zero-order valence-electron chi connectivity index (χ0n) is 18.6. The zero-order chi connectivity index (χ0) is 22.2. The highest BCUT2D eigenvalue weighted by Gasteiger charge is 2.16. The van der Waals surface area contributed by atoms with E-state index in [-0.39, 0.29) is 0 Å². The Kier molecular flexibility index (Phi) is 5.03. The fraction of sp³-hybridized carbons (Fsp3) is 0.333. The van der Waals surface area contributed by atoms with Crippen molar-refractivity contribution < 1.29 is 0 Å². The average Bonchev–Trinajstić information content (AvgIpc) is 3.53. The average molecular weight is 442 g/mol. The third-order valence-electron chi connectivity index (χ3n) is 6.54. The number of rotatable bonds is 8. The molecule has 1 fully saturated rings. The quantitative estimate of drug-likeness (QED) is 0.341. The number of benzene rings is 1. The minimum atomic E-state index is 0.560. The molecular weight excluding hydrogens is 414 g/mol. The van der Waals surface area contributed by atoms with E-state index in [9.17, 15) is 0 Å². The number of imidazole rings is 1. The monoisotopic (exact) mass is 441 g/mol. The summed E-state index contributed by atoms with van der Waals surface area (Å²) in [5, 5.41) is 23.8. The molecule has 1 aromatic carbocycles. The molecule has 5 aromatic rings. The predicted molar refractivity (Wildman–Crippen MR) is 128 cm³/mol. The van der Waals surface area contributed by atoms with E-state index in [0.717, 1.165) is 58.2 Å². The highest BCUT2D eigenvalue weighted by Crippen LogP contribution is 2.29. The molecule has 33 heavy (non-hydrogen) atoms. The largest absolute Gasteiger partial charge is 0.388 e. The molecule has 168 valence electrons. The van der Waals surface area contributed by atoms with E-state index in [2.05, 4.69) is 66.1 Å². The van der Waals surface area contributed by atoms with Crippen molar-refractivity contribution in [3.05, 3.63) is 60.3 Å². The Morgan fingerprint density at radius 1 is 1.15 bits per heavy atom. The molecule has 9 nitrogen and oxygen atoms in total. The Morgan fingerprint density at radius 3 is 2.94 bits per heavy atom. The van der Waals surface area contributed by atoms with Gasteiger partial charge in [0.25, 0.3) is 0 Å². The van der Waals surface area contributed by atoms with E-state index in [4.69, 9.17) is 4.98 Å². The van der Waals surface area contributed by atoms with E-state index < -0.39 is 0 Å². The molecule has 0 aliphatic heterocycles. The molecule has 0 atom stereocenters. The van der Waals surface area contributed by atoms with Crippen LogP contribution in [-0.2, 0) is 13.1 Å². The smallest absolute Gasteiger partial charge is 0.137 e. The summed E-state index contributed by atoms with van der Waals surface area (Å²) in [6.07, 6.45) is 12.1. The van der Waals surface area contributed by atoms with E-state index in [0.29, 0.717) is 6.54 Å². The summed E-state index contributed by atoms with van der Waals surface area (Å²) in [7, 11) is 1.90. The standard InChI is InChI=1S/C24H27N9/c1-25-18-7-20(21-11-27-29-22(21)8-18)23-15-33(31-30-23)14-19-13-32-12-17(5-6-24(32)28-19)10-26-9-16-3-2-4-16/h5-8,11-13,15-16,25-26H,2-4,9-10,14H2,1H3,(H,27,29). The van der Waals surface area contributed by atoms with E-state index in [1.807, 2.05) is 30.2 Å². The number of aromatic nitrogens is 7. The Hall–Kier alpha value is -3.72. The fourth-order valence-electron chi connectivity index (χ4n) is 4.46. The zero-order valence-corrected chi connectivity index (χ0v) is 18.6. The molecule has 0 unspecified atom stereocenters. The molecule has 1 aliphatic rings. The van der Waals surface area contributed by atoms with E-state index in [1.165, 1.54) is 24.8 Å². The lowest BCUT2D eigenvalue weighted by Gasteiger charge is -2.25. The van der Waals surface area contributed by atoms with Crippen molar-refractivity contribution in [2.75, 3.05) is 18.9 Å². The fourth-order valence-corrected chi connectivity index (χ4v) is 4.46. The van der Waals surface area contributed by atoms with Crippen LogP contribution in [0.4, 0.5) is 5.69 Å². The maximum Gasteiger partial charge on any atom is 0.137 e. The van der Waals surface area contributed by atoms with Crippen LogP contribution in [0, 0.1) is 5.92 Å². The van der Waals surface area contributed by atoms with Gasteiger partial charge in [-0.05, 0) is 49.1 Å². The summed E-state index contributed by atoms with van der Waals surface area (Å²) in [5.74, 6) is 0.867. The van der Waals surface area contributed by atoms with Gasteiger partial charge in [0, 0.05) is 42.6 Å². The minimum Gasteiger partial charge on any atom is -0.388 e. The minimum absolute atomic E-state index is 0.560. The first-order valence-corrected chi connectivity index (χ1v) is 11.5. The summed E-state index contributed by atoms with van der Waals surface area (Å²) in [6, 6.07) is 8.33. The molecule has 4 heterocycles. The molecule has 1 aliphatic carbocycles. The second-order valence-corrected chi connectivity index (χ2v) is 8.87. The van der Waals surface area contributed by atoms with Gasteiger partial charge < -0.3 is 15.0 Å². The third-order valence-corrected chi connectivity index (χ3v) is 6.54. The molecule has 1 saturated carbocycles. The van der Waals surface area contributed by atoms with Gasteiger partial charge in [0.05, 0.1) is 30.1 Å². The van der Waals surface area contributed by atoms with Crippen LogP contribution in [0.2, 0.25) is 0 Å². The summed E-state index contributed by atoms with van der Waals surface area (Å²) in [4.78, 5) is 4.76. The van der Waals surface area contributed by atoms with Gasteiger partial charge in [-0.15, -0.1) is 5.10 Å². The van der Waals surface area contributed by atoms with Gasteiger partial charge in [-0.25, -0.2) is 9.67 Å². The normalized spacial score (nSPS) is 14.2. The second-order valence-electron chi connectivity index (χ2n) is 8.87. The van der Waals surface area contributed by atoms with Gasteiger partial charge in [0.15, 0.2) is 0 Å². The van der Waals surface area contributed by atoms with E-state index >= 15 is 0 Å². The van der Waals surface area contributed by atoms with Crippen LogP contribution in [0.5, 0.6) is 0 Å². The van der Waals surface area contributed by atoms with Crippen LogP contribution in [0.15, 0.2) is 49.1 Å². The van der Waals surface area contributed by atoms with Crippen molar-refractivity contribution >= 4 is 22.2 Å². The number of fused-ring (bicyclic) bond motifs is 2. The highest BCUT2D eigenvalue weighted by atomic mass is 15.4. The predicted octanol–water partition coefficient (Wildman–Crippen LogP) is 3.45. The van der Waals surface area contributed by atoms with Crippen LogP contribution < -0.4 is 10.6 Å². The molecular formula is C24H27N9. The van der Waals surface area contributed by atoms with Gasteiger partial charge in [0.2, 0.25) is 0 Å². The number of nitrogens with zero attached hydrogens (tertiary/aromatic N) is 6. The third kappa shape index (κ3) is 3.95. The molecule has 3 N–H and O–H groups in total. The number of pyridine rings is 1.